The Morgan fingerprint density at radius 2 is 1.61 bits per heavy atom. The number of Topliss-reactive ketones (excluding diaryl/α,β-unsaturated/α-hetero) is 1. The number of hydrogen-bond acceptors (Lipinski definition) is 4. The van der Waals surface area contributed by atoms with Crippen molar-refractivity contribution >= 4 is 23.1 Å². The number of aliphatic hydroxyl groups is 1. The van der Waals surface area contributed by atoms with E-state index in [4.69, 9.17) is 4.74 Å². The highest BCUT2D eigenvalue weighted by Gasteiger charge is 2.47. The van der Waals surface area contributed by atoms with Crippen molar-refractivity contribution in [2.45, 2.75) is 53.0 Å². The van der Waals surface area contributed by atoms with Crippen LogP contribution in [0.5, 0.6) is 5.75 Å². The van der Waals surface area contributed by atoms with E-state index in [0.717, 1.165) is 28.0 Å². The summed E-state index contributed by atoms with van der Waals surface area (Å²) in [5.41, 5.74) is 4.55. The first-order chi connectivity index (χ1) is 17.0. The second-order valence-electron chi connectivity index (χ2n) is 10.3. The minimum Gasteiger partial charge on any atom is -0.507 e. The Balaban J connectivity index is 1.96. The number of hydrogen-bond donors (Lipinski definition) is 1. The third kappa shape index (κ3) is 4.66. The third-order valence-electron chi connectivity index (χ3n) is 6.44. The number of amides is 1. The molecule has 0 aromatic heterocycles. The zero-order valence-corrected chi connectivity index (χ0v) is 21.8. The lowest BCUT2D eigenvalue weighted by molar-refractivity contribution is -0.132. The fourth-order valence-electron chi connectivity index (χ4n) is 4.73. The van der Waals surface area contributed by atoms with Gasteiger partial charge in [-0.1, -0.05) is 62.7 Å². The van der Waals surface area contributed by atoms with Crippen LogP contribution in [0.1, 0.15) is 61.6 Å². The number of rotatable bonds is 5. The van der Waals surface area contributed by atoms with Gasteiger partial charge in [-0.2, -0.15) is 0 Å². The Morgan fingerprint density at radius 3 is 2.22 bits per heavy atom. The molecule has 1 saturated heterocycles. The zero-order chi connectivity index (χ0) is 26.2. The number of aliphatic hydroxyl groups excluding tert-OH is 1. The van der Waals surface area contributed by atoms with Crippen LogP contribution in [-0.4, -0.2) is 23.4 Å². The molecule has 3 aromatic rings. The third-order valence-corrected chi connectivity index (χ3v) is 6.44. The Hall–Kier alpha value is -3.86. The minimum atomic E-state index is -0.753. The van der Waals surface area contributed by atoms with Gasteiger partial charge in [0.15, 0.2) is 0 Å². The molecule has 1 fully saturated rings. The molecule has 1 aliphatic heterocycles. The lowest BCUT2D eigenvalue weighted by atomic mass is 9.84. The van der Waals surface area contributed by atoms with Crippen molar-refractivity contribution < 1.29 is 19.4 Å². The zero-order valence-electron chi connectivity index (χ0n) is 21.8. The number of ketones is 1. The Labute approximate surface area is 213 Å². The maximum Gasteiger partial charge on any atom is 0.300 e. The average molecular weight is 484 g/mol. The summed E-state index contributed by atoms with van der Waals surface area (Å²) in [7, 11) is 0. The van der Waals surface area contributed by atoms with Crippen LogP contribution in [0.25, 0.3) is 5.76 Å². The van der Waals surface area contributed by atoms with E-state index in [-0.39, 0.29) is 16.7 Å². The van der Waals surface area contributed by atoms with Crippen LogP contribution in [0.15, 0.2) is 72.3 Å². The van der Waals surface area contributed by atoms with Crippen LogP contribution in [0.4, 0.5) is 5.69 Å². The predicted octanol–water partition coefficient (Wildman–Crippen LogP) is 6.63. The smallest absolute Gasteiger partial charge is 0.300 e. The van der Waals surface area contributed by atoms with Gasteiger partial charge in [-0.15, -0.1) is 0 Å². The number of anilines is 1. The van der Waals surface area contributed by atoms with E-state index in [9.17, 15) is 14.7 Å². The van der Waals surface area contributed by atoms with Crippen molar-refractivity contribution in [3.05, 3.63) is 100 Å². The summed E-state index contributed by atoms with van der Waals surface area (Å²) in [6.07, 6.45) is 0. The molecule has 36 heavy (non-hydrogen) atoms. The molecular formula is C31H33NO4. The van der Waals surface area contributed by atoms with Crippen LogP contribution >= 0.6 is 0 Å². The molecule has 1 aliphatic rings. The fourth-order valence-corrected chi connectivity index (χ4v) is 4.73. The quantitative estimate of drug-likeness (QED) is 0.251. The normalized spacial score (nSPS) is 17.5. The van der Waals surface area contributed by atoms with Gasteiger partial charge in [0.1, 0.15) is 11.5 Å². The second kappa shape index (κ2) is 9.65. The van der Waals surface area contributed by atoms with E-state index in [1.165, 1.54) is 4.90 Å². The first-order valence-corrected chi connectivity index (χ1v) is 12.2. The van der Waals surface area contributed by atoms with Crippen molar-refractivity contribution in [1.82, 2.24) is 0 Å². The van der Waals surface area contributed by atoms with Gasteiger partial charge in [0, 0.05) is 16.8 Å². The topological polar surface area (TPSA) is 66.8 Å². The molecule has 3 aromatic carbocycles. The monoisotopic (exact) mass is 483 g/mol. The number of aryl methyl sites for hydroxylation is 2. The minimum absolute atomic E-state index is 0.0797. The molecule has 0 radical (unpaired) electrons. The number of benzene rings is 3. The highest BCUT2D eigenvalue weighted by Crippen LogP contribution is 2.43. The van der Waals surface area contributed by atoms with Crippen molar-refractivity contribution in [3.8, 4) is 5.75 Å². The molecular weight excluding hydrogens is 450 g/mol. The lowest BCUT2D eigenvalue weighted by Gasteiger charge is -2.26. The van der Waals surface area contributed by atoms with Gasteiger partial charge in [0.2, 0.25) is 0 Å². The van der Waals surface area contributed by atoms with Crippen molar-refractivity contribution in [2.75, 3.05) is 11.5 Å². The molecule has 1 atom stereocenters. The highest BCUT2D eigenvalue weighted by atomic mass is 16.5. The molecule has 0 bridgehead atoms. The van der Waals surface area contributed by atoms with Crippen LogP contribution < -0.4 is 9.64 Å². The summed E-state index contributed by atoms with van der Waals surface area (Å²) < 4.78 is 5.82. The van der Waals surface area contributed by atoms with Crippen LogP contribution in [0.2, 0.25) is 0 Å². The highest BCUT2D eigenvalue weighted by molar-refractivity contribution is 6.51. The van der Waals surface area contributed by atoms with Gasteiger partial charge in [0.25, 0.3) is 11.7 Å². The van der Waals surface area contributed by atoms with Crippen molar-refractivity contribution in [3.63, 3.8) is 0 Å². The van der Waals surface area contributed by atoms with E-state index in [2.05, 4.69) is 20.8 Å². The summed E-state index contributed by atoms with van der Waals surface area (Å²) in [5.74, 6) is -0.817. The molecule has 0 aliphatic carbocycles. The largest absolute Gasteiger partial charge is 0.507 e. The van der Waals surface area contributed by atoms with Crippen molar-refractivity contribution in [2.24, 2.45) is 0 Å². The predicted molar refractivity (Wildman–Crippen MR) is 143 cm³/mol. The summed E-state index contributed by atoms with van der Waals surface area (Å²) >= 11 is 0. The number of nitrogens with zero attached hydrogens (tertiary/aromatic N) is 1. The molecule has 0 spiro atoms. The summed E-state index contributed by atoms with van der Waals surface area (Å²) in [6.45, 7) is 12.5. The number of carbonyl (C=O) groups is 2. The number of ether oxygens (including phenoxy) is 1. The Morgan fingerprint density at radius 1 is 0.944 bits per heavy atom. The second-order valence-corrected chi connectivity index (χ2v) is 10.3. The Kier molecular flexibility index (Phi) is 6.77. The van der Waals surface area contributed by atoms with Crippen LogP contribution in [0.3, 0.4) is 0 Å². The molecule has 1 unspecified atom stereocenters. The summed E-state index contributed by atoms with van der Waals surface area (Å²) in [5, 5.41) is 11.6. The number of carbonyl (C=O) groups excluding carboxylic acids is 2. The molecule has 5 heteroatoms. The summed E-state index contributed by atoms with van der Waals surface area (Å²) in [4.78, 5) is 28.4. The first kappa shape index (κ1) is 25.2. The van der Waals surface area contributed by atoms with Crippen LogP contribution in [0, 0.1) is 13.8 Å². The van der Waals surface area contributed by atoms with Gasteiger partial charge in [-0.25, -0.2) is 0 Å². The van der Waals surface area contributed by atoms with E-state index in [0.29, 0.717) is 17.9 Å². The molecule has 1 amide bonds. The van der Waals surface area contributed by atoms with E-state index >= 15 is 0 Å². The molecule has 4 rings (SSSR count). The molecule has 1 heterocycles. The lowest BCUT2D eigenvalue weighted by Crippen LogP contribution is -2.29. The van der Waals surface area contributed by atoms with Crippen molar-refractivity contribution in [1.29, 1.82) is 0 Å². The Bertz CT molecular complexity index is 1360. The standard InChI is InChI=1S/C31H33NO4/c1-7-36-25-15-14-22(18-24(25)31(4,5)6)28(33)26-27(21-12-8-10-19(2)16-21)32(30(35)29(26)34)23-13-9-11-20(3)17-23/h8-18,27,33H,7H2,1-6H3/b28-26-. The molecule has 5 nitrogen and oxygen atoms in total. The van der Waals surface area contributed by atoms with E-state index in [1.807, 2.05) is 81.4 Å². The summed E-state index contributed by atoms with van der Waals surface area (Å²) in [6, 6.07) is 19.8. The van der Waals surface area contributed by atoms with Crippen LogP contribution in [-0.2, 0) is 15.0 Å². The SMILES string of the molecule is CCOc1ccc(/C(O)=C2/C(=O)C(=O)N(c3cccc(C)c3)C2c2cccc(C)c2)cc1C(C)(C)C. The van der Waals surface area contributed by atoms with Gasteiger partial charge in [-0.05, 0) is 67.6 Å². The van der Waals surface area contributed by atoms with Gasteiger partial charge < -0.3 is 9.84 Å². The first-order valence-electron chi connectivity index (χ1n) is 12.2. The van der Waals surface area contributed by atoms with E-state index < -0.39 is 17.7 Å². The van der Waals surface area contributed by atoms with E-state index in [1.54, 1.807) is 6.07 Å². The molecule has 186 valence electrons. The average Bonchev–Trinajstić information content (AvgIpc) is 3.09. The fraction of sp³-hybridized carbons (Fsp3) is 0.290. The van der Waals surface area contributed by atoms with Gasteiger partial charge >= 0.3 is 0 Å². The van der Waals surface area contributed by atoms with Gasteiger partial charge in [-0.3, -0.25) is 14.5 Å². The molecule has 1 N–H and O–H groups in total. The maximum absolute atomic E-state index is 13.5. The maximum atomic E-state index is 13.5. The molecule has 0 saturated carbocycles. The van der Waals surface area contributed by atoms with Gasteiger partial charge in [0.05, 0.1) is 18.2 Å².